The molecule has 73 heavy (non-hydrogen) atoms. The first-order chi connectivity index (χ1) is 34.8. The second-order valence-electron chi connectivity index (χ2n) is 22.6. The van der Waals surface area contributed by atoms with Gasteiger partial charge in [-0.25, -0.2) is 5.43 Å². The Bertz CT molecular complexity index is 2630. The molecule has 2 saturated carbocycles. The predicted octanol–water partition coefficient (Wildman–Crippen LogP) is 8.84. The Morgan fingerprint density at radius 3 is 2.51 bits per heavy atom. The molecule has 0 bridgehead atoms. The van der Waals surface area contributed by atoms with E-state index in [9.17, 15) is 19.2 Å². The van der Waals surface area contributed by atoms with Crippen LogP contribution in [0.1, 0.15) is 123 Å². The summed E-state index contributed by atoms with van der Waals surface area (Å²) >= 11 is 0. The summed E-state index contributed by atoms with van der Waals surface area (Å²) in [4.78, 5) is 48.2. The number of benzene rings is 2. The van der Waals surface area contributed by atoms with Crippen molar-refractivity contribution in [2.24, 2.45) is 34.3 Å². The van der Waals surface area contributed by atoms with E-state index >= 15 is 9.59 Å². The maximum absolute atomic E-state index is 15.3. The predicted molar refractivity (Wildman–Crippen MR) is 289 cm³/mol. The van der Waals surface area contributed by atoms with Crippen LogP contribution in [0.25, 0.3) is 33.3 Å². The van der Waals surface area contributed by atoms with Gasteiger partial charge in [0.05, 0.1) is 45.9 Å². The SMILES string of the molecule is CC[C@H](CC/C=C\S(=O)C1(C)CC(N)C1)C(O)N(C)[C@H](C(=O)C1CCC1(Cc1cc(O)cc(-c2ccc3c(c2)c(CC(C)(C)COC=O)c(-c2cnccc2COC)n3CC)c1)C(=O)N1CCCCN1)C(C)C. The van der Waals surface area contributed by atoms with E-state index in [1.807, 2.05) is 64.0 Å². The van der Waals surface area contributed by atoms with Crippen molar-refractivity contribution in [2.75, 3.05) is 33.9 Å². The number of aromatic nitrogens is 2. The summed E-state index contributed by atoms with van der Waals surface area (Å²) in [5.74, 6) is -1.03. The number of phenolic OH excluding ortho intramolecular Hbond substituents is 1. The number of aromatic hydroxyl groups is 1. The number of methoxy groups -OCH3 is 1. The molecule has 1 saturated heterocycles. The number of hydrogen-bond acceptors (Lipinski definition) is 12. The van der Waals surface area contributed by atoms with Crippen LogP contribution in [0.2, 0.25) is 0 Å². The number of carbonyl (C=O) groups is 3. The zero-order valence-corrected chi connectivity index (χ0v) is 45.6. The van der Waals surface area contributed by atoms with Gasteiger partial charge in [-0.05, 0) is 167 Å². The number of ether oxygens (including phenoxy) is 2. The average Bonchev–Trinajstić information content (AvgIpc) is 3.65. The number of aliphatic hydroxyl groups is 1. The van der Waals surface area contributed by atoms with Crippen LogP contribution in [-0.4, -0.2) is 109 Å². The molecule has 15 heteroatoms. The molecule has 398 valence electrons. The summed E-state index contributed by atoms with van der Waals surface area (Å²) in [5, 5.41) is 28.1. The summed E-state index contributed by atoms with van der Waals surface area (Å²) in [7, 11) is 2.38. The first kappa shape index (κ1) is 56.0. The van der Waals surface area contributed by atoms with Crippen LogP contribution in [0.5, 0.6) is 5.75 Å². The van der Waals surface area contributed by atoms with Gasteiger partial charge in [-0.1, -0.05) is 52.8 Å². The molecule has 1 aliphatic heterocycles. The molecule has 4 unspecified atom stereocenters. The molecule has 2 aliphatic carbocycles. The van der Waals surface area contributed by atoms with Crippen molar-refractivity contribution in [1.29, 1.82) is 0 Å². The molecule has 6 atom stereocenters. The zero-order valence-electron chi connectivity index (χ0n) is 44.8. The third-order valence-corrected chi connectivity index (χ3v) is 17.9. The fourth-order valence-electron chi connectivity index (χ4n) is 12.3. The zero-order chi connectivity index (χ0) is 52.8. The third-order valence-electron chi connectivity index (χ3n) is 16.2. The fraction of sp³-hybridized carbons (Fsp3) is 0.586. The number of nitrogens with zero attached hydrogens (tertiary/aromatic N) is 4. The number of hydrazine groups is 1. The number of allylic oxidation sites excluding steroid dienone is 1. The number of pyridine rings is 1. The van der Waals surface area contributed by atoms with E-state index in [-0.39, 0.29) is 53.1 Å². The Kier molecular flexibility index (Phi) is 18.3. The molecular formula is C58H82N6O8S. The molecule has 14 nitrogen and oxygen atoms in total. The minimum Gasteiger partial charge on any atom is -0.508 e. The lowest BCUT2D eigenvalue weighted by atomic mass is 9.54. The van der Waals surface area contributed by atoms with Gasteiger partial charge in [-0.15, -0.1) is 0 Å². The Balaban J connectivity index is 1.22. The van der Waals surface area contributed by atoms with E-state index in [1.165, 1.54) is 0 Å². The Labute approximate surface area is 435 Å². The number of phenols is 1. The number of Topliss-reactive ketones (excluding diaryl/α,β-unsaturated/α-hetero) is 1. The second-order valence-corrected chi connectivity index (χ2v) is 24.5. The van der Waals surface area contributed by atoms with Crippen LogP contribution in [-0.2, 0) is 60.7 Å². The molecule has 0 radical (unpaired) electrons. The van der Waals surface area contributed by atoms with Crippen molar-refractivity contribution in [2.45, 2.75) is 155 Å². The van der Waals surface area contributed by atoms with Crippen molar-refractivity contribution in [3.05, 3.63) is 83.0 Å². The topological polar surface area (TPSA) is 190 Å². The highest BCUT2D eigenvalue weighted by atomic mass is 32.2. The lowest BCUT2D eigenvalue weighted by Crippen LogP contribution is -2.63. The van der Waals surface area contributed by atoms with Crippen molar-refractivity contribution in [1.82, 2.24) is 24.9 Å². The van der Waals surface area contributed by atoms with Crippen LogP contribution in [0, 0.1) is 28.6 Å². The lowest BCUT2D eigenvalue weighted by Gasteiger charge is -2.52. The summed E-state index contributed by atoms with van der Waals surface area (Å²) in [6.07, 6.45) is 11.8. The van der Waals surface area contributed by atoms with Crippen LogP contribution < -0.4 is 11.2 Å². The molecule has 4 aromatic rings. The largest absolute Gasteiger partial charge is 0.508 e. The number of ketones is 1. The van der Waals surface area contributed by atoms with Crippen LogP contribution in [0.4, 0.5) is 0 Å². The minimum absolute atomic E-state index is 0.0522. The Morgan fingerprint density at radius 2 is 1.88 bits per heavy atom. The molecule has 5 N–H and O–H groups in total. The number of likely N-dealkylation sites (N-methyl/N-ethyl adjacent to an activating group) is 1. The number of carbonyl (C=O) groups excluding carboxylic acids is 3. The van der Waals surface area contributed by atoms with Gasteiger partial charge in [0.1, 0.15) is 12.0 Å². The number of aliphatic hydroxyl groups excluding tert-OH is 1. The quantitative estimate of drug-likeness (QED) is 0.0365. The summed E-state index contributed by atoms with van der Waals surface area (Å²) < 4.78 is 26.0. The van der Waals surface area contributed by atoms with Gasteiger partial charge in [0.25, 0.3) is 6.47 Å². The molecule has 3 fully saturated rings. The lowest BCUT2D eigenvalue weighted by molar-refractivity contribution is -0.168. The van der Waals surface area contributed by atoms with Crippen LogP contribution in [0.15, 0.2) is 66.3 Å². The maximum Gasteiger partial charge on any atom is 0.293 e. The summed E-state index contributed by atoms with van der Waals surface area (Å²) in [6, 6.07) is 13.3. The van der Waals surface area contributed by atoms with Gasteiger partial charge < -0.3 is 30.0 Å². The smallest absolute Gasteiger partial charge is 0.293 e. The second kappa shape index (κ2) is 23.8. The number of fused-ring (bicyclic) bond motifs is 1. The standard InChI is InChI=1S/C58H82N6O8S/c1-10-40(16-12-15-25-73(70)57(7)31-44(59)32-57)54(68)62(8)51(38(3)4)53(67)49-19-21-58(49,55(69)64-24-14-13-22-61-64)30-39-26-43(28-45(66)27-39)41-17-18-50-46(29-41)47(33-56(5,6)36-72-37-65)52(63(50)11-2)48-34-60-23-20-42(48)35-71-9/h15,17-18,20,23,25-29,34,37-38,40,44,49,51,54,61,66,68H,10-14,16,19,21-22,24,30-33,35-36,59H2,1-9H3/b25-15-/t40-,44?,49?,51+,54?,57?,58?,73?/m1/s1. The van der Waals surface area contributed by atoms with Gasteiger partial charge in [0.2, 0.25) is 5.91 Å². The van der Waals surface area contributed by atoms with Gasteiger partial charge in [0, 0.05) is 73.0 Å². The molecule has 2 aromatic heterocycles. The monoisotopic (exact) mass is 1020 g/mol. The number of nitrogens with one attached hydrogen (secondary N) is 1. The van der Waals surface area contributed by atoms with Crippen molar-refractivity contribution >= 4 is 39.9 Å². The number of hydrogen-bond donors (Lipinski definition) is 4. The Hall–Kier alpha value is -4.77. The highest BCUT2D eigenvalue weighted by molar-refractivity contribution is 7.89. The van der Waals surface area contributed by atoms with Crippen LogP contribution >= 0.6 is 0 Å². The van der Waals surface area contributed by atoms with Gasteiger partial charge in [-0.3, -0.25) is 33.5 Å². The van der Waals surface area contributed by atoms with E-state index in [0.717, 1.165) is 75.7 Å². The molecule has 2 aromatic carbocycles. The number of amides is 1. The highest BCUT2D eigenvalue weighted by Gasteiger charge is 2.59. The molecular weight excluding hydrogens is 941 g/mol. The van der Waals surface area contributed by atoms with Crippen LogP contribution in [0.3, 0.4) is 0 Å². The molecule has 3 aliphatic rings. The van der Waals surface area contributed by atoms with Crippen molar-refractivity contribution in [3.8, 4) is 28.1 Å². The van der Waals surface area contributed by atoms with Gasteiger partial charge >= 0.3 is 0 Å². The summed E-state index contributed by atoms with van der Waals surface area (Å²) in [5.41, 5.74) is 15.3. The third kappa shape index (κ3) is 12.0. The Morgan fingerprint density at radius 1 is 1.11 bits per heavy atom. The first-order valence-electron chi connectivity index (χ1n) is 26.6. The molecule has 7 rings (SSSR count). The van der Waals surface area contributed by atoms with E-state index < -0.39 is 39.8 Å². The normalized spacial score (nSPS) is 23.1. The minimum atomic E-state index is -1.12. The van der Waals surface area contributed by atoms with Gasteiger partial charge in [0.15, 0.2) is 5.78 Å². The van der Waals surface area contributed by atoms with E-state index in [0.29, 0.717) is 71.2 Å². The summed E-state index contributed by atoms with van der Waals surface area (Å²) in [6.45, 7) is 17.4. The fourth-order valence-corrected chi connectivity index (χ4v) is 13.7. The maximum atomic E-state index is 15.3. The first-order valence-corrected chi connectivity index (χ1v) is 27.8. The van der Waals surface area contributed by atoms with Crippen molar-refractivity contribution in [3.63, 3.8) is 0 Å². The highest BCUT2D eigenvalue weighted by Crippen LogP contribution is 2.53. The molecule has 0 spiro atoms. The number of rotatable bonds is 25. The van der Waals surface area contributed by atoms with E-state index in [1.54, 1.807) is 35.9 Å². The van der Waals surface area contributed by atoms with Gasteiger partial charge in [-0.2, -0.15) is 0 Å². The number of aryl methyl sites for hydroxylation is 1. The molecule has 1 amide bonds. The molecule has 3 heterocycles. The van der Waals surface area contributed by atoms with E-state index in [2.05, 4.69) is 53.9 Å². The average molecular weight is 1020 g/mol. The van der Waals surface area contributed by atoms with E-state index in [4.69, 9.17) is 15.2 Å². The van der Waals surface area contributed by atoms with Crippen molar-refractivity contribution < 1.29 is 38.3 Å². The number of nitrogens with two attached hydrogens (primary N) is 1.